The highest BCUT2D eigenvalue weighted by atomic mass is 15.0. The number of aromatic nitrogens is 3. The zero-order chi connectivity index (χ0) is 29.3. The van der Waals surface area contributed by atoms with Crippen molar-refractivity contribution in [2.45, 2.75) is 0 Å². The zero-order valence-electron chi connectivity index (χ0n) is 23.9. The lowest BCUT2D eigenvalue weighted by Gasteiger charge is -2.14. The van der Waals surface area contributed by atoms with E-state index in [2.05, 4.69) is 121 Å². The van der Waals surface area contributed by atoms with Gasteiger partial charge in [0.15, 0.2) is 17.5 Å². The van der Waals surface area contributed by atoms with Gasteiger partial charge in [0.25, 0.3) is 0 Å². The van der Waals surface area contributed by atoms with Crippen LogP contribution in [0.25, 0.3) is 78.0 Å². The molecular formula is C41H27N3. The maximum absolute atomic E-state index is 5.16. The topological polar surface area (TPSA) is 38.7 Å². The van der Waals surface area contributed by atoms with Gasteiger partial charge in [0.1, 0.15) is 0 Å². The molecule has 0 saturated heterocycles. The third-order valence-corrected chi connectivity index (χ3v) is 8.15. The minimum absolute atomic E-state index is 0.649. The van der Waals surface area contributed by atoms with E-state index in [0.717, 1.165) is 38.6 Å². The third kappa shape index (κ3) is 4.71. The lowest BCUT2D eigenvalue weighted by Crippen LogP contribution is -2.01. The van der Waals surface area contributed by atoms with Gasteiger partial charge in [-0.2, -0.15) is 0 Å². The molecule has 0 fully saturated rings. The van der Waals surface area contributed by atoms with Gasteiger partial charge in [-0.1, -0.05) is 152 Å². The molecule has 0 aliphatic carbocycles. The van der Waals surface area contributed by atoms with Gasteiger partial charge >= 0.3 is 0 Å². The highest BCUT2D eigenvalue weighted by molar-refractivity contribution is 6.05. The summed E-state index contributed by atoms with van der Waals surface area (Å²) in [5.41, 5.74) is 7.47. The van der Waals surface area contributed by atoms with Crippen LogP contribution in [-0.2, 0) is 0 Å². The summed E-state index contributed by atoms with van der Waals surface area (Å²) in [5, 5.41) is 4.72. The molecule has 0 bridgehead atoms. The van der Waals surface area contributed by atoms with E-state index in [0.29, 0.717) is 17.5 Å². The Morgan fingerprint density at radius 3 is 1.55 bits per heavy atom. The molecule has 3 nitrogen and oxygen atoms in total. The molecule has 0 aliphatic rings. The molecule has 7 aromatic carbocycles. The molecule has 0 atom stereocenters. The van der Waals surface area contributed by atoms with Gasteiger partial charge in [0.2, 0.25) is 0 Å². The van der Waals surface area contributed by atoms with E-state index >= 15 is 0 Å². The summed E-state index contributed by atoms with van der Waals surface area (Å²) < 4.78 is 0. The second-order valence-corrected chi connectivity index (χ2v) is 10.9. The molecule has 1 aromatic heterocycles. The summed E-state index contributed by atoms with van der Waals surface area (Å²) in [6.07, 6.45) is 0. The summed E-state index contributed by atoms with van der Waals surface area (Å²) in [5.74, 6) is 1.95. The molecule has 0 saturated carbocycles. The van der Waals surface area contributed by atoms with Crippen molar-refractivity contribution in [1.29, 1.82) is 0 Å². The average Bonchev–Trinajstić information content (AvgIpc) is 3.11. The van der Waals surface area contributed by atoms with Crippen molar-refractivity contribution < 1.29 is 0 Å². The normalized spacial score (nSPS) is 11.2. The standard InChI is InChI=1S/C41H27N3/c1-3-14-29(15-4-1)33-19-9-12-22-37(33)40-42-39(30-16-5-2-6-17-30)43-41(44-40)38-26-25-34(35-20-10-11-21-36(35)38)32-24-23-28-13-7-8-18-31(28)27-32/h1-27H. The molecule has 8 aromatic rings. The first-order valence-electron chi connectivity index (χ1n) is 14.8. The van der Waals surface area contributed by atoms with E-state index in [4.69, 9.17) is 15.0 Å². The van der Waals surface area contributed by atoms with Gasteiger partial charge in [0.05, 0.1) is 0 Å². The minimum Gasteiger partial charge on any atom is -0.208 e. The SMILES string of the molecule is c1ccc(-c2nc(-c3ccccc3-c3ccccc3)nc(-c3ccc(-c4ccc5ccccc5c4)c4ccccc34)n2)cc1. The maximum Gasteiger partial charge on any atom is 0.164 e. The molecule has 0 unspecified atom stereocenters. The van der Waals surface area contributed by atoms with E-state index in [1.807, 2.05) is 42.5 Å². The molecule has 0 radical (unpaired) electrons. The summed E-state index contributed by atoms with van der Waals surface area (Å²) in [7, 11) is 0. The van der Waals surface area contributed by atoms with E-state index in [-0.39, 0.29) is 0 Å². The summed E-state index contributed by atoms with van der Waals surface area (Å²) in [6.45, 7) is 0. The van der Waals surface area contributed by atoms with Crippen LogP contribution in [0, 0.1) is 0 Å². The molecular weight excluding hydrogens is 534 g/mol. The summed E-state index contributed by atoms with van der Waals surface area (Å²) in [6, 6.07) is 56.9. The second-order valence-electron chi connectivity index (χ2n) is 10.9. The van der Waals surface area contributed by atoms with E-state index in [1.54, 1.807) is 0 Å². The molecule has 0 amide bonds. The van der Waals surface area contributed by atoms with Gasteiger partial charge in [-0.05, 0) is 55.9 Å². The number of hydrogen-bond donors (Lipinski definition) is 0. The first-order valence-corrected chi connectivity index (χ1v) is 14.8. The maximum atomic E-state index is 5.16. The quantitative estimate of drug-likeness (QED) is 0.210. The van der Waals surface area contributed by atoms with E-state index in [1.165, 1.54) is 21.9 Å². The van der Waals surface area contributed by atoms with Crippen LogP contribution >= 0.6 is 0 Å². The molecule has 8 rings (SSSR count). The van der Waals surface area contributed by atoms with Crippen LogP contribution < -0.4 is 0 Å². The van der Waals surface area contributed by atoms with Crippen LogP contribution in [0.2, 0.25) is 0 Å². The second kappa shape index (κ2) is 11.0. The van der Waals surface area contributed by atoms with Gasteiger partial charge in [-0.3, -0.25) is 0 Å². The van der Waals surface area contributed by atoms with Gasteiger partial charge in [-0.25, -0.2) is 15.0 Å². The average molecular weight is 562 g/mol. The van der Waals surface area contributed by atoms with Crippen LogP contribution in [0.4, 0.5) is 0 Å². The van der Waals surface area contributed by atoms with Crippen LogP contribution in [0.1, 0.15) is 0 Å². The zero-order valence-corrected chi connectivity index (χ0v) is 23.9. The molecule has 1 heterocycles. The summed E-state index contributed by atoms with van der Waals surface area (Å²) in [4.78, 5) is 15.3. The third-order valence-electron chi connectivity index (χ3n) is 8.15. The fourth-order valence-electron chi connectivity index (χ4n) is 5.98. The first kappa shape index (κ1) is 25.8. The van der Waals surface area contributed by atoms with Gasteiger partial charge in [-0.15, -0.1) is 0 Å². The number of nitrogens with zero attached hydrogens (tertiary/aromatic N) is 3. The van der Waals surface area contributed by atoms with Crippen LogP contribution in [0.15, 0.2) is 164 Å². The Hall–Kier alpha value is -5.93. The molecule has 44 heavy (non-hydrogen) atoms. The number of rotatable bonds is 5. The van der Waals surface area contributed by atoms with Crippen LogP contribution in [0.5, 0.6) is 0 Å². The fraction of sp³-hybridized carbons (Fsp3) is 0. The highest BCUT2D eigenvalue weighted by Crippen LogP contribution is 2.37. The Kier molecular flexibility index (Phi) is 6.47. The van der Waals surface area contributed by atoms with Crippen molar-refractivity contribution in [3.05, 3.63) is 164 Å². The predicted octanol–water partition coefficient (Wildman–Crippen LogP) is 10.5. The highest BCUT2D eigenvalue weighted by Gasteiger charge is 2.18. The van der Waals surface area contributed by atoms with Crippen LogP contribution in [-0.4, -0.2) is 15.0 Å². The Balaban J connectivity index is 1.34. The van der Waals surface area contributed by atoms with E-state index in [9.17, 15) is 0 Å². The smallest absolute Gasteiger partial charge is 0.164 e. The largest absolute Gasteiger partial charge is 0.208 e. The lowest BCUT2D eigenvalue weighted by molar-refractivity contribution is 1.08. The minimum atomic E-state index is 0.649. The Labute approximate surface area is 256 Å². The van der Waals surface area contributed by atoms with Crippen LogP contribution in [0.3, 0.4) is 0 Å². The Bertz CT molecular complexity index is 2270. The first-order chi connectivity index (χ1) is 21.8. The fourth-order valence-corrected chi connectivity index (χ4v) is 5.98. The monoisotopic (exact) mass is 561 g/mol. The Morgan fingerprint density at radius 1 is 0.273 bits per heavy atom. The van der Waals surface area contributed by atoms with Crippen molar-refractivity contribution in [2.75, 3.05) is 0 Å². The van der Waals surface area contributed by atoms with Crippen molar-refractivity contribution >= 4 is 21.5 Å². The Morgan fingerprint density at radius 2 is 0.795 bits per heavy atom. The van der Waals surface area contributed by atoms with Crippen molar-refractivity contribution in [3.63, 3.8) is 0 Å². The number of fused-ring (bicyclic) bond motifs is 2. The number of benzene rings is 7. The number of hydrogen-bond acceptors (Lipinski definition) is 3. The molecule has 206 valence electrons. The summed E-state index contributed by atoms with van der Waals surface area (Å²) >= 11 is 0. The van der Waals surface area contributed by atoms with Crippen molar-refractivity contribution in [2.24, 2.45) is 0 Å². The molecule has 0 N–H and O–H groups in total. The molecule has 0 aliphatic heterocycles. The predicted molar refractivity (Wildman–Crippen MR) is 182 cm³/mol. The van der Waals surface area contributed by atoms with Crippen molar-refractivity contribution in [1.82, 2.24) is 15.0 Å². The molecule has 3 heteroatoms. The van der Waals surface area contributed by atoms with Gasteiger partial charge < -0.3 is 0 Å². The van der Waals surface area contributed by atoms with Crippen molar-refractivity contribution in [3.8, 4) is 56.4 Å². The molecule has 0 spiro atoms. The lowest BCUT2D eigenvalue weighted by atomic mass is 9.93. The van der Waals surface area contributed by atoms with E-state index < -0.39 is 0 Å². The van der Waals surface area contributed by atoms with Gasteiger partial charge in [0, 0.05) is 16.7 Å².